The Labute approximate surface area is 115 Å². The predicted octanol–water partition coefficient (Wildman–Crippen LogP) is 0.984. The molecule has 0 aliphatic carbocycles. The third-order valence-electron chi connectivity index (χ3n) is 2.66. The number of aliphatic carboxylic acids is 1. The van der Waals surface area contributed by atoms with Gasteiger partial charge in [-0.1, -0.05) is 13.8 Å². The zero-order valence-electron chi connectivity index (χ0n) is 12.4. The monoisotopic (exact) mass is 273 g/mol. The second-order valence-corrected chi connectivity index (χ2v) is 5.53. The van der Waals surface area contributed by atoms with Gasteiger partial charge in [-0.3, -0.25) is 4.79 Å². The van der Waals surface area contributed by atoms with Crippen molar-refractivity contribution in [1.29, 1.82) is 0 Å². The van der Waals surface area contributed by atoms with Crippen molar-refractivity contribution < 1.29 is 14.7 Å². The number of urea groups is 1. The lowest BCUT2D eigenvalue weighted by molar-refractivity contribution is -0.138. The van der Waals surface area contributed by atoms with Crippen LogP contribution >= 0.6 is 0 Å². The summed E-state index contributed by atoms with van der Waals surface area (Å²) in [5, 5.41) is 14.3. The summed E-state index contributed by atoms with van der Waals surface area (Å²) in [6.07, 6.45) is 0.889. The Morgan fingerprint density at radius 1 is 1.21 bits per heavy atom. The van der Waals surface area contributed by atoms with E-state index in [0.717, 1.165) is 13.0 Å². The second kappa shape index (κ2) is 9.61. The summed E-state index contributed by atoms with van der Waals surface area (Å²) < 4.78 is 0. The van der Waals surface area contributed by atoms with E-state index in [4.69, 9.17) is 5.11 Å². The Kier molecular flexibility index (Phi) is 8.95. The van der Waals surface area contributed by atoms with Crippen molar-refractivity contribution in [3.05, 3.63) is 0 Å². The highest BCUT2D eigenvalue weighted by molar-refractivity contribution is 5.74. The first-order chi connectivity index (χ1) is 8.81. The minimum Gasteiger partial charge on any atom is -0.481 e. The van der Waals surface area contributed by atoms with Gasteiger partial charge in [0.1, 0.15) is 0 Å². The maximum Gasteiger partial charge on any atom is 0.314 e. The SMILES string of the molecule is CC(C)C[C@H](CNC(=O)NCCN(C)C)CC(=O)O. The Bertz CT molecular complexity index is 280. The van der Waals surface area contributed by atoms with Gasteiger partial charge in [-0.05, 0) is 32.4 Å². The number of carboxylic acids is 1. The van der Waals surface area contributed by atoms with Crippen LogP contribution in [0, 0.1) is 11.8 Å². The molecule has 1 atom stereocenters. The molecule has 2 amide bonds. The molecule has 6 heteroatoms. The van der Waals surface area contributed by atoms with E-state index in [2.05, 4.69) is 10.6 Å². The van der Waals surface area contributed by atoms with Gasteiger partial charge in [0, 0.05) is 26.1 Å². The van der Waals surface area contributed by atoms with Gasteiger partial charge in [0.2, 0.25) is 0 Å². The lowest BCUT2D eigenvalue weighted by Crippen LogP contribution is -2.41. The van der Waals surface area contributed by atoms with Gasteiger partial charge in [-0.15, -0.1) is 0 Å². The van der Waals surface area contributed by atoms with E-state index in [1.807, 2.05) is 32.8 Å². The summed E-state index contributed by atoms with van der Waals surface area (Å²) in [5.41, 5.74) is 0. The highest BCUT2D eigenvalue weighted by Crippen LogP contribution is 2.14. The molecule has 0 aliphatic rings. The predicted molar refractivity (Wildman–Crippen MR) is 75.2 cm³/mol. The lowest BCUT2D eigenvalue weighted by atomic mass is 9.94. The summed E-state index contributed by atoms with van der Waals surface area (Å²) in [6, 6.07) is -0.235. The van der Waals surface area contributed by atoms with Crippen LogP contribution in [-0.2, 0) is 4.79 Å². The number of nitrogens with zero attached hydrogens (tertiary/aromatic N) is 1. The summed E-state index contributed by atoms with van der Waals surface area (Å²) in [7, 11) is 3.87. The van der Waals surface area contributed by atoms with Gasteiger partial charge in [0.05, 0.1) is 0 Å². The van der Waals surface area contributed by atoms with E-state index in [9.17, 15) is 9.59 Å². The summed E-state index contributed by atoms with van der Waals surface area (Å²) in [4.78, 5) is 24.2. The molecular formula is C13H27N3O3. The molecule has 0 aliphatic heterocycles. The van der Waals surface area contributed by atoms with E-state index in [0.29, 0.717) is 19.0 Å². The fourth-order valence-electron chi connectivity index (χ4n) is 1.85. The van der Waals surface area contributed by atoms with Crippen molar-refractivity contribution in [2.45, 2.75) is 26.7 Å². The second-order valence-electron chi connectivity index (χ2n) is 5.53. The third-order valence-corrected chi connectivity index (χ3v) is 2.66. The van der Waals surface area contributed by atoms with E-state index < -0.39 is 5.97 Å². The Balaban J connectivity index is 3.95. The molecule has 19 heavy (non-hydrogen) atoms. The maximum atomic E-state index is 11.5. The molecule has 0 heterocycles. The molecule has 112 valence electrons. The summed E-state index contributed by atoms with van der Waals surface area (Å²) in [6.45, 7) is 5.85. The standard InChI is InChI=1S/C13H27N3O3/c1-10(2)7-11(8-12(17)18)9-15-13(19)14-5-6-16(3)4/h10-11H,5-9H2,1-4H3,(H,17,18)(H2,14,15,19)/t11-/m0/s1. The van der Waals surface area contributed by atoms with Crippen LogP contribution in [-0.4, -0.2) is 55.7 Å². The van der Waals surface area contributed by atoms with Gasteiger partial charge in [0.25, 0.3) is 0 Å². The quantitative estimate of drug-likeness (QED) is 0.585. The molecule has 0 saturated carbocycles. The molecule has 0 saturated heterocycles. The van der Waals surface area contributed by atoms with Crippen LogP contribution in [0.5, 0.6) is 0 Å². The Morgan fingerprint density at radius 3 is 2.32 bits per heavy atom. The molecule has 0 aromatic carbocycles. The fourth-order valence-corrected chi connectivity index (χ4v) is 1.85. The molecule has 0 rings (SSSR count). The van der Waals surface area contributed by atoms with Gasteiger partial charge < -0.3 is 20.6 Å². The average molecular weight is 273 g/mol. The van der Waals surface area contributed by atoms with Crippen LogP contribution in [0.2, 0.25) is 0 Å². The number of hydrogen-bond donors (Lipinski definition) is 3. The molecule has 6 nitrogen and oxygen atoms in total. The van der Waals surface area contributed by atoms with Crippen molar-refractivity contribution in [3.8, 4) is 0 Å². The summed E-state index contributed by atoms with van der Waals surface area (Å²) in [5.74, 6) is -0.416. The first-order valence-electron chi connectivity index (χ1n) is 6.69. The molecule has 0 spiro atoms. The van der Waals surface area contributed by atoms with Crippen LogP contribution in [0.1, 0.15) is 26.7 Å². The van der Waals surface area contributed by atoms with Gasteiger partial charge in [0.15, 0.2) is 0 Å². The highest BCUT2D eigenvalue weighted by Gasteiger charge is 2.15. The van der Waals surface area contributed by atoms with Crippen LogP contribution in [0.3, 0.4) is 0 Å². The smallest absolute Gasteiger partial charge is 0.314 e. The van der Waals surface area contributed by atoms with Crippen LogP contribution in [0.25, 0.3) is 0 Å². The molecule has 0 radical (unpaired) electrons. The largest absolute Gasteiger partial charge is 0.481 e. The van der Waals surface area contributed by atoms with Crippen molar-refractivity contribution in [1.82, 2.24) is 15.5 Å². The van der Waals surface area contributed by atoms with Gasteiger partial charge >= 0.3 is 12.0 Å². The number of amides is 2. The molecule has 0 fully saturated rings. The first kappa shape index (κ1) is 17.7. The molecule has 3 N–H and O–H groups in total. The number of carbonyl (C=O) groups is 2. The molecule has 0 unspecified atom stereocenters. The summed E-state index contributed by atoms with van der Waals surface area (Å²) >= 11 is 0. The molecule has 0 aromatic heterocycles. The van der Waals surface area contributed by atoms with E-state index >= 15 is 0 Å². The number of nitrogens with one attached hydrogen (secondary N) is 2. The van der Waals surface area contributed by atoms with Gasteiger partial charge in [-0.2, -0.15) is 0 Å². The molecule has 0 aromatic rings. The highest BCUT2D eigenvalue weighted by atomic mass is 16.4. The first-order valence-corrected chi connectivity index (χ1v) is 6.69. The number of likely N-dealkylation sites (N-methyl/N-ethyl adjacent to an activating group) is 1. The van der Waals surface area contributed by atoms with Crippen molar-refractivity contribution in [3.63, 3.8) is 0 Å². The molecule has 0 bridgehead atoms. The van der Waals surface area contributed by atoms with Crippen LogP contribution in [0.4, 0.5) is 4.79 Å². The zero-order chi connectivity index (χ0) is 14.8. The minimum absolute atomic E-state index is 0.0166. The van der Waals surface area contributed by atoms with Crippen molar-refractivity contribution in [2.24, 2.45) is 11.8 Å². The minimum atomic E-state index is -0.819. The Morgan fingerprint density at radius 2 is 1.84 bits per heavy atom. The van der Waals surface area contributed by atoms with Crippen LogP contribution in [0.15, 0.2) is 0 Å². The normalized spacial score (nSPS) is 12.5. The Hall–Kier alpha value is -1.30. The fraction of sp³-hybridized carbons (Fsp3) is 0.846. The molecular weight excluding hydrogens is 246 g/mol. The van der Waals surface area contributed by atoms with Crippen molar-refractivity contribution in [2.75, 3.05) is 33.7 Å². The van der Waals surface area contributed by atoms with Crippen molar-refractivity contribution >= 4 is 12.0 Å². The van der Waals surface area contributed by atoms with E-state index in [1.165, 1.54) is 0 Å². The average Bonchev–Trinajstić information content (AvgIpc) is 2.23. The van der Waals surface area contributed by atoms with E-state index in [-0.39, 0.29) is 18.4 Å². The van der Waals surface area contributed by atoms with E-state index in [1.54, 1.807) is 0 Å². The van der Waals surface area contributed by atoms with Crippen LogP contribution < -0.4 is 10.6 Å². The van der Waals surface area contributed by atoms with Gasteiger partial charge in [-0.25, -0.2) is 4.79 Å². The topological polar surface area (TPSA) is 81.7 Å². The number of carbonyl (C=O) groups excluding carboxylic acids is 1. The number of hydrogen-bond acceptors (Lipinski definition) is 3. The lowest BCUT2D eigenvalue weighted by Gasteiger charge is -2.18. The third kappa shape index (κ3) is 11.5. The zero-order valence-corrected chi connectivity index (χ0v) is 12.4. The number of rotatable bonds is 9. The maximum absolute atomic E-state index is 11.5. The number of carboxylic acid groups (broad SMARTS) is 1.